The zero-order valence-corrected chi connectivity index (χ0v) is 9.01. The Kier molecular flexibility index (Phi) is 2.82. The molecule has 0 radical (unpaired) electrons. The summed E-state index contributed by atoms with van der Waals surface area (Å²) in [6.45, 7) is 1.55. The average molecular weight is 205 g/mol. The molecule has 0 saturated heterocycles. The van der Waals surface area contributed by atoms with Gasteiger partial charge in [0.15, 0.2) is 0 Å². The molecule has 0 aliphatic carbocycles. The van der Waals surface area contributed by atoms with E-state index in [9.17, 15) is 0 Å². The van der Waals surface area contributed by atoms with E-state index in [1.807, 2.05) is 35.6 Å². The van der Waals surface area contributed by atoms with E-state index in [0.717, 1.165) is 24.5 Å². The van der Waals surface area contributed by atoms with Gasteiger partial charge >= 0.3 is 0 Å². The quantitative estimate of drug-likeness (QED) is 0.788. The molecule has 2 rings (SSSR count). The maximum Gasteiger partial charge on any atom is 0.0947 e. The molecule has 5 heteroatoms. The summed E-state index contributed by atoms with van der Waals surface area (Å²) in [5.41, 5.74) is 2.10. The van der Waals surface area contributed by atoms with Crippen molar-refractivity contribution in [1.29, 1.82) is 0 Å². The minimum atomic E-state index is 0.775. The second-order valence-corrected chi connectivity index (χ2v) is 3.66. The molecule has 0 aliphatic heterocycles. The van der Waals surface area contributed by atoms with Crippen molar-refractivity contribution < 1.29 is 0 Å². The van der Waals surface area contributed by atoms with E-state index in [1.54, 1.807) is 12.7 Å². The van der Waals surface area contributed by atoms with Crippen molar-refractivity contribution in [2.75, 3.05) is 0 Å². The summed E-state index contributed by atoms with van der Waals surface area (Å²) in [6, 6.07) is 0. The van der Waals surface area contributed by atoms with Gasteiger partial charge in [-0.05, 0) is 0 Å². The van der Waals surface area contributed by atoms with Gasteiger partial charge in [-0.25, -0.2) is 9.97 Å². The lowest BCUT2D eigenvalue weighted by atomic mass is 10.4. The molecule has 0 spiro atoms. The number of imidazole rings is 2. The summed E-state index contributed by atoms with van der Waals surface area (Å²) >= 11 is 0. The molecule has 0 fully saturated rings. The van der Waals surface area contributed by atoms with E-state index >= 15 is 0 Å². The Labute approximate surface area is 88.8 Å². The standard InChI is InChI=1S/C10H15N5/c1-14-5-9(12-7-14)3-11-4-10-6-15(2)8-13-10/h5-8,11H,3-4H2,1-2H3. The summed E-state index contributed by atoms with van der Waals surface area (Å²) in [5.74, 6) is 0. The third kappa shape index (κ3) is 2.66. The lowest BCUT2D eigenvalue weighted by Gasteiger charge is -1.98. The van der Waals surface area contributed by atoms with Crippen LogP contribution >= 0.6 is 0 Å². The molecule has 0 amide bonds. The fourth-order valence-corrected chi connectivity index (χ4v) is 1.44. The Bertz CT molecular complexity index is 388. The lowest BCUT2D eigenvalue weighted by molar-refractivity contribution is 0.671. The molecule has 15 heavy (non-hydrogen) atoms. The SMILES string of the molecule is Cn1cnc(CNCc2cn(C)cn2)c1. The average Bonchev–Trinajstić information content (AvgIpc) is 2.76. The van der Waals surface area contributed by atoms with Gasteiger partial charge in [0.05, 0.1) is 24.0 Å². The highest BCUT2D eigenvalue weighted by Gasteiger charge is 1.98. The molecule has 0 atom stereocenters. The first-order valence-electron chi connectivity index (χ1n) is 4.88. The Morgan fingerprint density at radius 2 is 1.47 bits per heavy atom. The first kappa shape index (κ1) is 9.92. The Morgan fingerprint density at radius 1 is 1.00 bits per heavy atom. The monoisotopic (exact) mass is 205 g/mol. The molecular weight excluding hydrogens is 190 g/mol. The fourth-order valence-electron chi connectivity index (χ4n) is 1.44. The number of rotatable bonds is 4. The highest BCUT2D eigenvalue weighted by molar-refractivity contribution is 4.98. The van der Waals surface area contributed by atoms with Crippen LogP contribution in [-0.2, 0) is 27.2 Å². The number of nitrogens with zero attached hydrogens (tertiary/aromatic N) is 4. The molecule has 2 aromatic heterocycles. The second kappa shape index (κ2) is 4.27. The van der Waals surface area contributed by atoms with Crippen molar-refractivity contribution >= 4 is 0 Å². The number of hydrogen-bond donors (Lipinski definition) is 1. The van der Waals surface area contributed by atoms with Crippen molar-refractivity contribution in [3.05, 3.63) is 36.4 Å². The molecule has 2 heterocycles. The van der Waals surface area contributed by atoms with Crippen LogP contribution in [0.1, 0.15) is 11.4 Å². The van der Waals surface area contributed by atoms with Crippen molar-refractivity contribution in [3.8, 4) is 0 Å². The second-order valence-electron chi connectivity index (χ2n) is 3.66. The van der Waals surface area contributed by atoms with E-state index in [1.165, 1.54) is 0 Å². The molecule has 0 aromatic carbocycles. The normalized spacial score (nSPS) is 10.8. The Morgan fingerprint density at radius 3 is 1.80 bits per heavy atom. The van der Waals surface area contributed by atoms with Crippen molar-refractivity contribution in [3.63, 3.8) is 0 Å². The lowest BCUT2D eigenvalue weighted by Crippen LogP contribution is -2.13. The van der Waals surface area contributed by atoms with Crippen LogP contribution in [0.15, 0.2) is 25.0 Å². The van der Waals surface area contributed by atoms with E-state index < -0.39 is 0 Å². The van der Waals surface area contributed by atoms with Crippen molar-refractivity contribution in [1.82, 2.24) is 24.4 Å². The van der Waals surface area contributed by atoms with Gasteiger partial charge in [0, 0.05) is 39.6 Å². The van der Waals surface area contributed by atoms with Gasteiger partial charge in [-0.2, -0.15) is 0 Å². The maximum absolute atomic E-state index is 4.23. The van der Waals surface area contributed by atoms with Crippen LogP contribution in [0.2, 0.25) is 0 Å². The highest BCUT2D eigenvalue weighted by atomic mass is 15.0. The van der Waals surface area contributed by atoms with Crippen molar-refractivity contribution in [2.24, 2.45) is 14.1 Å². The van der Waals surface area contributed by atoms with E-state index in [0.29, 0.717) is 0 Å². The predicted molar refractivity (Wildman–Crippen MR) is 57.0 cm³/mol. The molecule has 80 valence electrons. The Hall–Kier alpha value is -1.62. The van der Waals surface area contributed by atoms with Crippen molar-refractivity contribution in [2.45, 2.75) is 13.1 Å². The van der Waals surface area contributed by atoms with Crippen LogP contribution in [0, 0.1) is 0 Å². The third-order valence-electron chi connectivity index (χ3n) is 2.13. The number of hydrogen-bond acceptors (Lipinski definition) is 3. The molecule has 0 saturated carbocycles. The summed E-state index contributed by atoms with van der Waals surface area (Å²) in [4.78, 5) is 8.45. The molecule has 0 bridgehead atoms. The maximum atomic E-state index is 4.23. The molecule has 0 unspecified atom stereocenters. The van der Waals surface area contributed by atoms with Crippen LogP contribution in [0.3, 0.4) is 0 Å². The molecular formula is C10H15N5. The molecule has 0 aliphatic rings. The largest absolute Gasteiger partial charge is 0.340 e. The van der Waals surface area contributed by atoms with Gasteiger partial charge in [-0.15, -0.1) is 0 Å². The fraction of sp³-hybridized carbons (Fsp3) is 0.400. The van der Waals surface area contributed by atoms with Gasteiger partial charge in [-0.3, -0.25) is 0 Å². The third-order valence-corrected chi connectivity index (χ3v) is 2.13. The van der Waals surface area contributed by atoms with Crippen LogP contribution in [0.4, 0.5) is 0 Å². The zero-order chi connectivity index (χ0) is 10.7. The van der Waals surface area contributed by atoms with E-state index in [-0.39, 0.29) is 0 Å². The van der Waals surface area contributed by atoms with E-state index in [2.05, 4.69) is 15.3 Å². The minimum Gasteiger partial charge on any atom is -0.340 e. The molecule has 2 aromatic rings. The smallest absolute Gasteiger partial charge is 0.0947 e. The summed E-state index contributed by atoms with van der Waals surface area (Å²) in [7, 11) is 3.94. The molecule has 1 N–H and O–H groups in total. The van der Waals surface area contributed by atoms with E-state index in [4.69, 9.17) is 0 Å². The highest BCUT2D eigenvalue weighted by Crippen LogP contribution is 1.96. The first-order chi connectivity index (χ1) is 7.24. The summed E-state index contributed by atoms with van der Waals surface area (Å²) in [6.07, 6.45) is 7.62. The van der Waals surface area contributed by atoms with Gasteiger partial charge < -0.3 is 14.5 Å². The van der Waals surface area contributed by atoms with Crippen LogP contribution in [-0.4, -0.2) is 19.1 Å². The van der Waals surface area contributed by atoms with Gasteiger partial charge in [0.25, 0.3) is 0 Å². The minimum absolute atomic E-state index is 0.775. The number of aromatic nitrogens is 4. The topological polar surface area (TPSA) is 47.7 Å². The van der Waals surface area contributed by atoms with Gasteiger partial charge in [0.2, 0.25) is 0 Å². The summed E-state index contributed by atoms with van der Waals surface area (Å²) in [5, 5.41) is 3.29. The first-order valence-corrected chi connectivity index (χ1v) is 4.88. The Balaban J connectivity index is 1.80. The number of nitrogens with one attached hydrogen (secondary N) is 1. The van der Waals surface area contributed by atoms with Gasteiger partial charge in [0.1, 0.15) is 0 Å². The van der Waals surface area contributed by atoms with Gasteiger partial charge in [-0.1, -0.05) is 0 Å². The van der Waals surface area contributed by atoms with Crippen LogP contribution < -0.4 is 5.32 Å². The van der Waals surface area contributed by atoms with Crippen LogP contribution in [0.25, 0.3) is 0 Å². The zero-order valence-electron chi connectivity index (χ0n) is 9.01. The summed E-state index contributed by atoms with van der Waals surface area (Å²) < 4.78 is 3.88. The predicted octanol–water partition coefficient (Wildman–Crippen LogP) is 0.443. The number of aryl methyl sites for hydroxylation is 2. The molecule has 5 nitrogen and oxygen atoms in total. The van der Waals surface area contributed by atoms with Crippen LogP contribution in [0.5, 0.6) is 0 Å².